The minimum absolute atomic E-state index is 0.116. The zero-order chi connectivity index (χ0) is 21.1. The van der Waals surface area contributed by atoms with E-state index in [1.54, 1.807) is 16.1 Å². The number of fused-ring (bicyclic) bond motifs is 1. The molecule has 1 aromatic heterocycles. The third-order valence-electron chi connectivity index (χ3n) is 6.71. The quantitative estimate of drug-likeness (QED) is 0.777. The monoisotopic (exact) mass is 429 g/mol. The van der Waals surface area contributed by atoms with Crippen LogP contribution in [-0.2, 0) is 27.8 Å². The number of likely N-dealkylation sites (tertiary alicyclic amines) is 1. The lowest BCUT2D eigenvalue weighted by Crippen LogP contribution is -2.72. The van der Waals surface area contributed by atoms with Gasteiger partial charge in [0, 0.05) is 68.9 Å². The molecular formula is C21H27N5O3S. The third kappa shape index (κ3) is 3.07. The third-order valence-corrected chi connectivity index (χ3v) is 8.48. The summed E-state index contributed by atoms with van der Waals surface area (Å²) in [6.45, 7) is 5.53. The zero-order valence-electron chi connectivity index (χ0n) is 17.4. The lowest BCUT2D eigenvalue weighted by atomic mass is 9.74. The lowest BCUT2D eigenvalue weighted by Gasteiger charge is -2.59. The molecule has 9 heteroatoms. The molecule has 0 atom stereocenters. The maximum atomic E-state index is 12.3. The van der Waals surface area contributed by atoms with Gasteiger partial charge in [0.05, 0.1) is 17.1 Å². The molecule has 0 bridgehead atoms. The van der Waals surface area contributed by atoms with Crippen LogP contribution in [0.1, 0.15) is 24.5 Å². The second-order valence-corrected chi connectivity index (χ2v) is 11.1. The number of sulfonamides is 1. The fourth-order valence-corrected chi connectivity index (χ4v) is 6.43. The number of nitrogens with zero attached hydrogens (tertiary/aromatic N) is 4. The van der Waals surface area contributed by atoms with E-state index >= 15 is 0 Å². The number of aromatic amines is 1. The maximum absolute atomic E-state index is 12.3. The van der Waals surface area contributed by atoms with Crippen LogP contribution in [-0.4, -0.2) is 72.7 Å². The molecule has 0 saturated carbocycles. The lowest BCUT2D eigenvalue weighted by molar-refractivity contribution is -0.118. The first-order valence-electron chi connectivity index (χ1n) is 10.4. The Labute approximate surface area is 176 Å². The van der Waals surface area contributed by atoms with E-state index in [0.29, 0.717) is 19.5 Å². The Hall–Kier alpha value is -2.23. The number of benzene rings is 1. The molecule has 8 nitrogen and oxygen atoms in total. The van der Waals surface area contributed by atoms with E-state index in [1.165, 1.54) is 5.56 Å². The van der Waals surface area contributed by atoms with Gasteiger partial charge in [-0.3, -0.25) is 14.8 Å². The maximum Gasteiger partial charge on any atom is 0.227 e. The van der Waals surface area contributed by atoms with Gasteiger partial charge in [0.25, 0.3) is 0 Å². The molecule has 2 aromatic rings. The van der Waals surface area contributed by atoms with Gasteiger partial charge in [0.15, 0.2) is 0 Å². The summed E-state index contributed by atoms with van der Waals surface area (Å²) in [7, 11) is -1.23. The van der Waals surface area contributed by atoms with Gasteiger partial charge in [-0.25, -0.2) is 12.7 Å². The summed E-state index contributed by atoms with van der Waals surface area (Å²) in [5.41, 5.74) is 5.23. The smallest absolute Gasteiger partial charge is 0.227 e. The molecule has 1 N–H and O–H groups in total. The Balaban J connectivity index is 1.31. The number of para-hydroxylation sites is 1. The van der Waals surface area contributed by atoms with Crippen molar-refractivity contribution in [3.8, 4) is 11.3 Å². The van der Waals surface area contributed by atoms with Crippen LogP contribution in [0.25, 0.3) is 11.3 Å². The highest BCUT2D eigenvalue weighted by molar-refractivity contribution is 7.89. The van der Waals surface area contributed by atoms with Gasteiger partial charge in [-0.15, -0.1) is 0 Å². The summed E-state index contributed by atoms with van der Waals surface area (Å²) in [6.07, 6.45) is 3.23. The highest BCUT2D eigenvalue weighted by Gasteiger charge is 2.54. The second kappa shape index (κ2) is 6.90. The number of H-pyrrole nitrogens is 1. The number of aromatic nitrogens is 2. The number of anilines is 1. The van der Waals surface area contributed by atoms with Crippen molar-refractivity contribution in [3.05, 3.63) is 35.5 Å². The van der Waals surface area contributed by atoms with Gasteiger partial charge in [-0.1, -0.05) is 18.2 Å². The minimum Gasteiger partial charge on any atom is -0.315 e. The van der Waals surface area contributed by atoms with E-state index in [0.717, 1.165) is 48.6 Å². The number of carbonyl (C=O) groups excluding carboxylic acids is 1. The number of rotatable bonds is 5. The number of nitrogens with one attached hydrogen (secondary N) is 1. The van der Waals surface area contributed by atoms with Crippen molar-refractivity contribution in [2.45, 2.75) is 26.3 Å². The normalized spacial score (nSPS) is 21.4. The molecule has 3 aliphatic rings. The van der Waals surface area contributed by atoms with Crippen LogP contribution < -0.4 is 4.90 Å². The van der Waals surface area contributed by atoms with Gasteiger partial charge in [-0.05, 0) is 18.9 Å². The summed E-state index contributed by atoms with van der Waals surface area (Å²) < 4.78 is 25.6. The number of hydrogen-bond donors (Lipinski definition) is 1. The molecule has 1 aromatic carbocycles. The van der Waals surface area contributed by atoms with Crippen LogP contribution in [0.5, 0.6) is 0 Å². The molecule has 1 spiro atoms. The first-order chi connectivity index (χ1) is 14.3. The van der Waals surface area contributed by atoms with Crippen molar-refractivity contribution in [3.63, 3.8) is 0 Å². The van der Waals surface area contributed by atoms with Crippen molar-refractivity contribution in [1.82, 2.24) is 19.4 Å². The van der Waals surface area contributed by atoms with Gasteiger partial charge in [-0.2, -0.15) is 5.10 Å². The first-order valence-corrected chi connectivity index (χ1v) is 12.0. The second-order valence-electron chi connectivity index (χ2n) is 8.84. The Bertz CT molecular complexity index is 1100. The van der Waals surface area contributed by atoms with Crippen molar-refractivity contribution in [1.29, 1.82) is 0 Å². The van der Waals surface area contributed by atoms with Crippen LogP contribution in [0.3, 0.4) is 0 Å². The van der Waals surface area contributed by atoms with E-state index in [4.69, 9.17) is 0 Å². The summed E-state index contributed by atoms with van der Waals surface area (Å²) in [4.78, 5) is 16.4. The molecular weight excluding hydrogens is 402 g/mol. The minimum atomic E-state index is -3.07. The van der Waals surface area contributed by atoms with Crippen molar-refractivity contribution >= 4 is 21.6 Å². The van der Waals surface area contributed by atoms with E-state index in [9.17, 15) is 13.2 Å². The Morgan fingerprint density at radius 3 is 2.67 bits per heavy atom. The summed E-state index contributed by atoms with van der Waals surface area (Å²) >= 11 is 0. The Morgan fingerprint density at radius 2 is 1.93 bits per heavy atom. The van der Waals surface area contributed by atoms with E-state index in [-0.39, 0.29) is 17.1 Å². The van der Waals surface area contributed by atoms with Crippen LogP contribution in [0, 0.1) is 5.41 Å². The highest BCUT2D eigenvalue weighted by Crippen LogP contribution is 2.43. The van der Waals surface area contributed by atoms with E-state index in [1.807, 2.05) is 25.4 Å². The Morgan fingerprint density at radius 1 is 1.17 bits per heavy atom. The molecule has 2 saturated heterocycles. The fraction of sp³-hybridized carbons (Fsp3) is 0.524. The number of hydrogen-bond acceptors (Lipinski definition) is 5. The average molecular weight is 430 g/mol. The topological polar surface area (TPSA) is 89.6 Å². The predicted molar refractivity (Wildman–Crippen MR) is 114 cm³/mol. The molecule has 3 aliphatic heterocycles. The van der Waals surface area contributed by atoms with Crippen LogP contribution in [0.15, 0.2) is 24.4 Å². The van der Waals surface area contributed by atoms with E-state index < -0.39 is 10.0 Å². The Kier molecular flexibility index (Phi) is 4.53. The average Bonchev–Trinajstić information content (AvgIpc) is 3.13. The van der Waals surface area contributed by atoms with Crippen LogP contribution in [0.4, 0.5) is 5.69 Å². The molecule has 0 unspecified atom stereocenters. The standard InChI is InChI=1S/C21H27N5O3S/c1-3-30(28,29)26-13-21(14-26)11-25(12-21)10-16-9-22-23-19(16)17-6-4-5-15-7-8-18(27)24(2)20(15)17/h4-6,9H,3,7-8,10-14H2,1-2H3,(H,22,23). The number of carbonyl (C=O) groups is 1. The molecule has 0 aliphatic carbocycles. The summed E-state index contributed by atoms with van der Waals surface area (Å²) in [6, 6.07) is 6.15. The van der Waals surface area contributed by atoms with Crippen LogP contribution in [0.2, 0.25) is 0 Å². The molecule has 1 amide bonds. The largest absolute Gasteiger partial charge is 0.315 e. The highest BCUT2D eigenvalue weighted by atomic mass is 32.2. The van der Waals surface area contributed by atoms with Crippen molar-refractivity contribution in [2.24, 2.45) is 5.41 Å². The van der Waals surface area contributed by atoms with Gasteiger partial charge in [0.2, 0.25) is 15.9 Å². The summed E-state index contributed by atoms with van der Waals surface area (Å²) in [5.74, 6) is 0.303. The molecule has 30 heavy (non-hydrogen) atoms. The number of amides is 1. The van der Waals surface area contributed by atoms with Gasteiger partial charge in [0.1, 0.15) is 0 Å². The summed E-state index contributed by atoms with van der Waals surface area (Å²) in [5, 5.41) is 7.51. The van der Waals surface area contributed by atoms with Crippen LogP contribution >= 0.6 is 0 Å². The van der Waals surface area contributed by atoms with Gasteiger partial charge >= 0.3 is 0 Å². The fourth-order valence-electron chi connectivity index (χ4n) is 5.12. The van der Waals surface area contributed by atoms with Crippen molar-refractivity contribution in [2.75, 3.05) is 43.9 Å². The molecule has 4 heterocycles. The SMILES string of the molecule is CCS(=O)(=O)N1CC2(CN(Cc3c[nH]nc3-c3cccc4c3N(C)C(=O)CC4)C2)C1. The van der Waals surface area contributed by atoms with Gasteiger partial charge < -0.3 is 4.90 Å². The molecule has 160 valence electrons. The van der Waals surface area contributed by atoms with E-state index in [2.05, 4.69) is 21.2 Å². The molecule has 2 fully saturated rings. The predicted octanol–water partition coefficient (Wildman–Crippen LogP) is 1.45. The molecule has 0 radical (unpaired) electrons. The molecule has 5 rings (SSSR count). The van der Waals surface area contributed by atoms with Crippen molar-refractivity contribution < 1.29 is 13.2 Å². The zero-order valence-corrected chi connectivity index (χ0v) is 18.2. The first kappa shape index (κ1) is 19.7. The number of aryl methyl sites for hydroxylation is 1.